The monoisotopic (exact) mass is 401 g/mol. The van der Waals surface area contributed by atoms with Crippen LogP contribution in [-0.4, -0.2) is 30.5 Å². The molecule has 2 aromatic carbocycles. The number of nitrogens with zero attached hydrogens (tertiary/aromatic N) is 2. The number of anilines is 1. The quantitative estimate of drug-likeness (QED) is 0.675. The number of para-hydroxylation sites is 1. The minimum atomic E-state index is -0.833. The molecule has 28 heavy (non-hydrogen) atoms. The van der Waals surface area contributed by atoms with Gasteiger partial charge < -0.3 is 10.2 Å². The summed E-state index contributed by atoms with van der Waals surface area (Å²) in [6.07, 6.45) is 1.97. The topological polar surface area (TPSA) is 45.2 Å². The van der Waals surface area contributed by atoms with Crippen LogP contribution in [0, 0.1) is 17.6 Å². The zero-order valence-electron chi connectivity index (χ0n) is 15.3. The van der Waals surface area contributed by atoms with Crippen LogP contribution in [0.5, 0.6) is 0 Å². The molecule has 2 heterocycles. The molecule has 7 heteroatoms. The van der Waals surface area contributed by atoms with E-state index in [1.54, 1.807) is 17.4 Å². The SMILES string of the molecule is O=C(CCc1nc2ccccc2s1)NCC1CCN(c2ccc(F)c(F)c2)C1. The van der Waals surface area contributed by atoms with Crippen molar-refractivity contribution < 1.29 is 13.6 Å². The van der Waals surface area contributed by atoms with E-state index in [2.05, 4.69) is 10.3 Å². The van der Waals surface area contributed by atoms with Gasteiger partial charge >= 0.3 is 0 Å². The van der Waals surface area contributed by atoms with E-state index < -0.39 is 11.6 Å². The molecular formula is C21H21F2N3OS. The largest absolute Gasteiger partial charge is 0.371 e. The van der Waals surface area contributed by atoms with E-state index in [0.29, 0.717) is 31.0 Å². The van der Waals surface area contributed by atoms with Crippen molar-refractivity contribution in [2.75, 3.05) is 24.5 Å². The fraction of sp³-hybridized carbons (Fsp3) is 0.333. The van der Waals surface area contributed by atoms with Crippen LogP contribution in [0.1, 0.15) is 17.8 Å². The number of fused-ring (bicyclic) bond motifs is 1. The number of carbonyl (C=O) groups excluding carboxylic acids is 1. The summed E-state index contributed by atoms with van der Waals surface area (Å²) in [4.78, 5) is 18.8. The highest BCUT2D eigenvalue weighted by Crippen LogP contribution is 2.25. The minimum Gasteiger partial charge on any atom is -0.371 e. The Bertz CT molecular complexity index is 958. The predicted molar refractivity (Wildman–Crippen MR) is 108 cm³/mol. The maximum atomic E-state index is 13.4. The van der Waals surface area contributed by atoms with Crippen molar-refractivity contribution in [3.63, 3.8) is 0 Å². The molecule has 1 aromatic heterocycles. The summed E-state index contributed by atoms with van der Waals surface area (Å²) in [5.41, 5.74) is 1.66. The maximum Gasteiger partial charge on any atom is 0.220 e. The number of hydrogen-bond acceptors (Lipinski definition) is 4. The molecule has 0 bridgehead atoms. The van der Waals surface area contributed by atoms with Crippen molar-refractivity contribution in [3.8, 4) is 0 Å². The van der Waals surface area contributed by atoms with Crippen LogP contribution in [0.4, 0.5) is 14.5 Å². The standard InChI is InChI=1S/C21H21F2N3OS/c22-16-6-5-15(11-17(16)23)26-10-9-14(13-26)12-24-20(27)7-8-21-25-18-3-1-2-4-19(18)28-21/h1-6,11,14H,7-10,12-13H2,(H,24,27). The Morgan fingerprint density at radius 1 is 1.21 bits per heavy atom. The van der Waals surface area contributed by atoms with E-state index in [4.69, 9.17) is 0 Å². The van der Waals surface area contributed by atoms with Crippen LogP contribution < -0.4 is 10.2 Å². The van der Waals surface area contributed by atoms with Crippen molar-refractivity contribution in [2.45, 2.75) is 19.3 Å². The second kappa shape index (κ2) is 8.22. The Labute approximate surface area is 166 Å². The van der Waals surface area contributed by atoms with Crippen LogP contribution in [0.25, 0.3) is 10.2 Å². The van der Waals surface area contributed by atoms with Crippen LogP contribution in [0.15, 0.2) is 42.5 Å². The Balaban J connectivity index is 1.23. The molecule has 4 rings (SSSR count). The van der Waals surface area contributed by atoms with Crippen LogP contribution in [0.3, 0.4) is 0 Å². The molecule has 3 aromatic rings. The molecule has 0 aliphatic carbocycles. The van der Waals surface area contributed by atoms with Crippen molar-refractivity contribution >= 4 is 33.1 Å². The van der Waals surface area contributed by atoms with Crippen molar-refractivity contribution in [2.24, 2.45) is 5.92 Å². The van der Waals surface area contributed by atoms with Gasteiger partial charge in [0.25, 0.3) is 0 Å². The predicted octanol–water partition coefficient (Wildman–Crippen LogP) is 4.15. The third-order valence-electron chi connectivity index (χ3n) is 5.05. The molecule has 1 N–H and O–H groups in total. The number of thiazole rings is 1. The Kier molecular flexibility index (Phi) is 5.52. The molecule has 0 radical (unpaired) electrons. The Morgan fingerprint density at radius 3 is 2.89 bits per heavy atom. The van der Waals surface area contributed by atoms with Gasteiger partial charge in [-0.05, 0) is 36.6 Å². The Morgan fingerprint density at radius 2 is 2.07 bits per heavy atom. The van der Waals surface area contributed by atoms with E-state index >= 15 is 0 Å². The molecular weight excluding hydrogens is 380 g/mol. The van der Waals surface area contributed by atoms with Gasteiger partial charge in [-0.25, -0.2) is 13.8 Å². The van der Waals surface area contributed by atoms with Gasteiger partial charge in [-0.15, -0.1) is 11.3 Å². The summed E-state index contributed by atoms with van der Waals surface area (Å²) in [6.45, 7) is 2.10. The zero-order chi connectivity index (χ0) is 19.5. The van der Waals surface area contributed by atoms with Gasteiger partial charge in [-0.3, -0.25) is 4.79 Å². The van der Waals surface area contributed by atoms with Crippen molar-refractivity contribution in [1.82, 2.24) is 10.3 Å². The summed E-state index contributed by atoms with van der Waals surface area (Å²) in [5.74, 6) is -1.34. The molecule has 1 fully saturated rings. The summed E-state index contributed by atoms with van der Waals surface area (Å²) < 4.78 is 27.6. The van der Waals surface area contributed by atoms with Gasteiger partial charge in [0.1, 0.15) is 0 Å². The normalized spacial score (nSPS) is 16.6. The lowest BCUT2D eigenvalue weighted by Crippen LogP contribution is -2.31. The summed E-state index contributed by atoms with van der Waals surface area (Å²) in [6, 6.07) is 11.9. The zero-order valence-corrected chi connectivity index (χ0v) is 16.1. The average Bonchev–Trinajstić information content (AvgIpc) is 3.33. The van der Waals surface area contributed by atoms with Gasteiger partial charge in [0.15, 0.2) is 11.6 Å². The lowest BCUT2D eigenvalue weighted by molar-refractivity contribution is -0.121. The maximum absolute atomic E-state index is 13.4. The number of benzene rings is 2. The minimum absolute atomic E-state index is 0.0190. The number of carbonyl (C=O) groups is 1. The van der Waals surface area contributed by atoms with E-state index in [1.165, 1.54) is 6.07 Å². The molecule has 1 amide bonds. The van der Waals surface area contributed by atoms with E-state index in [9.17, 15) is 13.6 Å². The van der Waals surface area contributed by atoms with Gasteiger partial charge in [0, 0.05) is 44.2 Å². The fourth-order valence-corrected chi connectivity index (χ4v) is 4.48. The number of aromatic nitrogens is 1. The summed E-state index contributed by atoms with van der Waals surface area (Å²) in [7, 11) is 0. The molecule has 4 nitrogen and oxygen atoms in total. The Hall–Kier alpha value is -2.54. The first-order chi connectivity index (χ1) is 13.6. The molecule has 0 spiro atoms. The highest BCUT2D eigenvalue weighted by molar-refractivity contribution is 7.18. The van der Waals surface area contributed by atoms with Crippen molar-refractivity contribution in [1.29, 1.82) is 0 Å². The first kappa shape index (κ1) is 18.8. The third kappa shape index (κ3) is 4.30. The van der Waals surface area contributed by atoms with Crippen molar-refractivity contribution in [3.05, 3.63) is 59.1 Å². The number of aryl methyl sites for hydroxylation is 1. The molecule has 1 aliphatic rings. The average molecular weight is 401 g/mol. The number of hydrogen-bond donors (Lipinski definition) is 1. The lowest BCUT2D eigenvalue weighted by atomic mass is 10.1. The van der Waals surface area contributed by atoms with Crippen LogP contribution in [0.2, 0.25) is 0 Å². The van der Waals surface area contributed by atoms with Crippen LogP contribution >= 0.6 is 11.3 Å². The van der Waals surface area contributed by atoms with Crippen LogP contribution in [-0.2, 0) is 11.2 Å². The van der Waals surface area contributed by atoms with Gasteiger partial charge in [0.2, 0.25) is 5.91 Å². The van der Waals surface area contributed by atoms with Gasteiger partial charge in [-0.1, -0.05) is 12.1 Å². The first-order valence-electron chi connectivity index (χ1n) is 9.39. The van der Waals surface area contributed by atoms with E-state index in [0.717, 1.165) is 40.8 Å². The second-order valence-electron chi connectivity index (χ2n) is 7.08. The first-order valence-corrected chi connectivity index (χ1v) is 10.2. The summed E-state index contributed by atoms with van der Waals surface area (Å²) in [5, 5.41) is 3.97. The number of amides is 1. The van der Waals surface area contributed by atoms with E-state index in [1.807, 2.05) is 29.2 Å². The molecule has 1 unspecified atom stereocenters. The number of rotatable bonds is 6. The highest BCUT2D eigenvalue weighted by atomic mass is 32.1. The highest BCUT2D eigenvalue weighted by Gasteiger charge is 2.23. The number of halogens is 2. The van der Waals surface area contributed by atoms with Gasteiger partial charge in [0.05, 0.1) is 15.2 Å². The van der Waals surface area contributed by atoms with E-state index in [-0.39, 0.29) is 5.91 Å². The molecule has 0 saturated carbocycles. The molecule has 1 atom stereocenters. The number of nitrogens with one attached hydrogen (secondary N) is 1. The molecule has 1 aliphatic heterocycles. The molecule has 146 valence electrons. The smallest absolute Gasteiger partial charge is 0.220 e. The van der Waals surface area contributed by atoms with Gasteiger partial charge in [-0.2, -0.15) is 0 Å². The second-order valence-corrected chi connectivity index (χ2v) is 8.19. The summed E-state index contributed by atoms with van der Waals surface area (Å²) >= 11 is 1.63. The third-order valence-corrected chi connectivity index (χ3v) is 6.14. The fourth-order valence-electron chi connectivity index (χ4n) is 3.51. The molecule has 1 saturated heterocycles. The lowest BCUT2D eigenvalue weighted by Gasteiger charge is -2.19.